The molecule has 8 heteroatoms. The van der Waals surface area contributed by atoms with Crippen molar-refractivity contribution in [3.8, 4) is 0 Å². The van der Waals surface area contributed by atoms with Crippen LogP contribution in [0, 0.1) is 0 Å². The van der Waals surface area contributed by atoms with E-state index < -0.39 is 16.1 Å². The average Bonchev–Trinajstić information content (AvgIpc) is 2.12. The van der Waals surface area contributed by atoms with E-state index in [4.69, 9.17) is 21.1 Å². The van der Waals surface area contributed by atoms with E-state index >= 15 is 0 Å². The van der Waals surface area contributed by atoms with Gasteiger partial charge < -0.3 is 9.47 Å². The van der Waals surface area contributed by atoms with Crippen molar-refractivity contribution in [2.24, 2.45) is 0 Å². The highest BCUT2D eigenvalue weighted by molar-refractivity contribution is 7.90. The van der Waals surface area contributed by atoms with Gasteiger partial charge in [-0.3, -0.25) is 0 Å². The molecule has 88 valence electrons. The van der Waals surface area contributed by atoms with Gasteiger partial charge in [0, 0.05) is 12.5 Å². The average molecular weight is 265 g/mol. The van der Waals surface area contributed by atoms with Crippen molar-refractivity contribution in [2.45, 2.75) is 24.7 Å². The Morgan fingerprint density at radius 1 is 1.44 bits per heavy atom. The molecule has 0 amide bonds. The number of halogens is 1. The maximum Gasteiger partial charge on any atom is 0.248 e. The van der Waals surface area contributed by atoms with Gasteiger partial charge in [0.1, 0.15) is 5.15 Å². The van der Waals surface area contributed by atoms with Gasteiger partial charge in [0.15, 0.2) is 12.6 Å². The minimum Gasteiger partial charge on any atom is -0.319 e. The van der Waals surface area contributed by atoms with Gasteiger partial charge in [-0.25, -0.2) is 18.4 Å². The number of ether oxygens (including phenoxy) is 2. The summed E-state index contributed by atoms with van der Waals surface area (Å²) < 4.78 is 32.7. The molecule has 16 heavy (non-hydrogen) atoms. The molecule has 0 spiro atoms. The Balaban J connectivity index is 2.31. The van der Waals surface area contributed by atoms with Crippen LogP contribution in [0.5, 0.6) is 0 Å². The first-order chi connectivity index (χ1) is 7.38. The van der Waals surface area contributed by atoms with Crippen molar-refractivity contribution in [2.75, 3.05) is 6.26 Å². The van der Waals surface area contributed by atoms with Gasteiger partial charge >= 0.3 is 0 Å². The maximum atomic E-state index is 11.2. The van der Waals surface area contributed by atoms with Crippen LogP contribution < -0.4 is 0 Å². The number of hydrogen-bond donors (Lipinski definition) is 0. The van der Waals surface area contributed by atoms with Crippen LogP contribution in [-0.2, 0) is 19.3 Å². The lowest BCUT2D eigenvalue weighted by Gasteiger charge is -2.33. The van der Waals surface area contributed by atoms with Crippen molar-refractivity contribution < 1.29 is 17.9 Å². The summed E-state index contributed by atoms with van der Waals surface area (Å²) in [5.74, 6) is 0. The van der Waals surface area contributed by atoms with Crippen LogP contribution in [0.15, 0.2) is 11.4 Å². The summed E-state index contributed by atoms with van der Waals surface area (Å²) in [6, 6.07) is 0. The maximum absolute atomic E-state index is 11.2. The largest absolute Gasteiger partial charge is 0.319 e. The molecule has 2 heterocycles. The van der Waals surface area contributed by atoms with E-state index in [-0.39, 0.29) is 16.6 Å². The molecule has 0 unspecified atom stereocenters. The summed E-state index contributed by atoms with van der Waals surface area (Å²) >= 11 is 5.82. The van der Waals surface area contributed by atoms with E-state index in [0.29, 0.717) is 5.56 Å². The van der Waals surface area contributed by atoms with Gasteiger partial charge in [0.2, 0.25) is 15.0 Å². The lowest BCUT2D eigenvalue weighted by molar-refractivity contribution is -0.382. The van der Waals surface area contributed by atoms with Crippen molar-refractivity contribution in [3.63, 3.8) is 0 Å². The summed E-state index contributed by atoms with van der Waals surface area (Å²) in [6.45, 7) is 1.73. The Kier molecular flexibility index (Phi) is 2.87. The topological polar surface area (TPSA) is 78.4 Å². The van der Waals surface area contributed by atoms with E-state index in [9.17, 15) is 8.42 Å². The Labute approximate surface area is 97.5 Å². The first-order valence-electron chi connectivity index (χ1n) is 4.41. The molecular weight excluding hydrogens is 256 g/mol. The highest BCUT2D eigenvalue weighted by Crippen LogP contribution is 2.34. The summed E-state index contributed by atoms with van der Waals surface area (Å²) in [5.41, 5.74) is 0.423. The summed E-state index contributed by atoms with van der Waals surface area (Å²) in [6.07, 6.45) is 1.39. The van der Waals surface area contributed by atoms with Gasteiger partial charge in [0.05, 0.1) is 5.56 Å². The fourth-order valence-corrected chi connectivity index (χ4v) is 1.97. The zero-order valence-electron chi connectivity index (χ0n) is 8.55. The lowest BCUT2D eigenvalue weighted by Crippen LogP contribution is -2.32. The zero-order chi connectivity index (χ0) is 11.9. The molecular formula is C8H9ClN2O4S. The molecule has 1 aliphatic rings. The van der Waals surface area contributed by atoms with E-state index in [1.165, 1.54) is 6.20 Å². The standard InChI is InChI=1S/C8H9ClN2O4S/c1-4-14-7(15-4)5-3-10-8(11-6(5)9)16(2,12)13/h3-4,7H,1-2H3. The molecule has 1 aromatic heterocycles. The first-order valence-corrected chi connectivity index (χ1v) is 6.68. The molecule has 1 saturated heterocycles. The normalized spacial score (nSPS) is 25.2. The molecule has 0 aliphatic carbocycles. The molecule has 0 N–H and O–H groups in total. The number of rotatable bonds is 2. The third kappa shape index (κ3) is 2.17. The Morgan fingerprint density at radius 3 is 2.50 bits per heavy atom. The molecule has 0 aromatic carbocycles. The Hall–Kier alpha value is -0.760. The van der Waals surface area contributed by atoms with E-state index in [2.05, 4.69) is 9.97 Å². The molecule has 1 aromatic rings. The van der Waals surface area contributed by atoms with Crippen molar-refractivity contribution in [1.29, 1.82) is 0 Å². The second kappa shape index (κ2) is 3.92. The number of hydrogen-bond acceptors (Lipinski definition) is 6. The van der Waals surface area contributed by atoms with Crippen molar-refractivity contribution in [3.05, 3.63) is 16.9 Å². The van der Waals surface area contributed by atoms with Crippen LogP contribution in [0.4, 0.5) is 0 Å². The summed E-state index contributed by atoms with van der Waals surface area (Å²) in [5, 5.41) is -0.291. The molecule has 2 rings (SSSR count). The quantitative estimate of drug-likeness (QED) is 0.584. The van der Waals surface area contributed by atoms with Gasteiger partial charge in [-0.15, -0.1) is 0 Å². The lowest BCUT2D eigenvalue weighted by atomic mass is 10.3. The summed E-state index contributed by atoms with van der Waals surface area (Å²) in [7, 11) is -3.46. The Morgan fingerprint density at radius 2 is 2.06 bits per heavy atom. The minimum absolute atomic E-state index is 0.0207. The molecule has 0 saturated carbocycles. The number of sulfone groups is 1. The smallest absolute Gasteiger partial charge is 0.248 e. The monoisotopic (exact) mass is 264 g/mol. The Bertz CT molecular complexity index is 513. The SMILES string of the molecule is CC1OC(c2cnc(S(C)(=O)=O)nc2Cl)O1. The molecule has 0 radical (unpaired) electrons. The molecule has 1 fully saturated rings. The molecule has 1 aliphatic heterocycles. The van der Waals surface area contributed by atoms with Gasteiger partial charge in [0.25, 0.3) is 0 Å². The van der Waals surface area contributed by atoms with Gasteiger partial charge in [-0.05, 0) is 6.92 Å². The zero-order valence-corrected chi connectivity index (χ0v) is 10.1. The molecule has 0 bridgehead atoms. The predicted octanol–water partition coefficient (Wildman–Crippen LogP) is 0.925. The minimum atomic E-state index is -3.46. The predicted molar refractivity (Wildman–Crippen MR) is 54.5 cm³/mol. The number of aromatic nitrogens is 2. The molecule has 6 nitrogen and oxygen atoms in total. The van der Waals surface area contributed by atoms with Crippen LogP contribution in [-0.4, -0.2) is 30.9 Å². The summed E-state index contributed by atoms with van der Waals surface area (Å²) in [4.78, 5) is 7.37. The van der Waals surface area contributed by atoms with E-state index in [1.807, 2.05) is 0 Å². The van der Waals surface area contributed by atoms with Crippen LogP contribution >= 0.6 is 11.6 Å². The highest BCUT2D eigenvalue weighted by atomic mass is 35.5. The number of nitrogens with zero attached hydrogens (tertiary/aromatic N) is 2. The van der Waals surface area contributed by atoms with Crippen molar-refractivity contribution >= 4 is 21.4 Å². The van der Waals surface area contributed by atoms with Gasteiger partial charge in [-0.2, -0.15) is 0 Å². The van der Waals surface area contributed by atoms with Crippen LogP contribution in [0.2, 0.25) is 5.15 Å². The highest BCUT2D eigenvalue weighted by Gasteiger charge is 2.31. The van der Waals surface area contributed by atoms with Crippen LogP contribution in [0.3, 0.4) is 0 Å². The second-order valence-electron chi connectivity index (χ2n) is 3.34. The second-order valence-corrected chi connectivity index (χ2v) is 5.61. The molecule has 0 atom stereocenters. The van der Waals surface area contributed by atoms with Gasteiger partial charge in [-0.1, -0.05) is 11.6 Å². The first kappa shape index (κ1) is 11.7. The van der Waals surface area contributed by atoms with Crippen molar-refractivity contribution in [1.82, 2.24) is 9.97 Å². The third-order valence-corrected chi connectivity index (χ3v) is 3.12. The van der Waals surface area contributed by atoms with E-state index in [1.54, 1.807) is 6.92 Å². The fourth-order valence-electron chi connectivity index (χ4n) is 1.20. The van der Waals surface area contributed by atoms with Crippen LogP contribution in [0.25, 0.3) is 0 Å². The van der Waals surface area contributed by atoms with Crippen LogP contribution in [0.1, 0.15) is 18.8 Å². The fraction of sp³-hybridized carbons (Fsp3) is 0.500. The third-order valence-electron chi connectivity index (χ3n) is 1.96. The van der Waals surface area contributed by atoms with E-state index in [0.717, 1.165) is 6.26 Å².